The lowest BCUT2D eigenvalue weighted by molar-refractivity contribution is -0.143. The van der Waals surface area contributed by atoms with Gasteiger partial charge < -0.3 is 5.11 Å². The molecule has 3 unspecified atom stereocenters. The molecule has 13 heavy (non-hydrogen) atoms. The van der Waals surface area contributed by atoms with E-state index in [1.54, 1.807) is 0 Å². The number of rotatable bonds is 3. The highest BCUT2D eigenvalue weighted by Gasteiger charge is 2.28. The van der Waals surface area contributed by atoms with Crippen LogP contribution in [0.2, 0.25) is 0 Å². The van der Waals surface area contributed by atoms with E-state index in [2.05, 4.69) is 6.92 Å². The molecular weight excluding hydrogens is 164 g/mol. The third kappa shape index (κ3) is 2.71. The van der Waals surface area contributed by atoms with Crippen molar-refractivity contribution in [3.8, 4) is 0 Å². The molecule has 0 bridgehead atoms. The summed E-state index contributed by atoms with van der Waals surface area (Å²) in [5.74, 6) is 0.438. The lowest BCUT2D eigenvalue weighted by Gasteiger charge is -2.30. The minimum absolute atomic E-state index is 0.144. The summed E-state index contributed by atoms with van der Waals surface area (Å²) in [7, 11) is 0. The van der Waals surface area contributed by atoms with E-state index in [9.17, 15) is 4.79 Å². The second kappa shape index (κ2) is 4.64. The number of carboxylic acid groups (broad SMARTS) is 1. The maximum Gasteiger partial charge on any atom is 0.306 e. The summed E-state index contributed by atoms with van der Waals surface area (Å²) in [5.41, 5.74) is 0. The van der Waals surface area contributed by atoms with Crippen LogP contribution in [0.25, 0.3) is 0 Å². The van der Waals surface area contributed by atoms with E-state index in [-0.39, 0.29) is 5.92 Å². The van der Waals surface area contributed by atoms with Gasteiger partial charge >= 0.3 is 5.97 Å². The highest BCUT2D eigenvalue weighted by atomic mass is 16.4. The Morgan fingerprint density at radius 3 is 2.77 bits per heavy atom. The molecule has 0 aromatic rings. The molecule has 1 aliphatic carbocycles. The number of carbonyl (C=O) groups is 1. The smallest absolute Gasteiger partial charge is 0.306 e. The minimum atomic E-state index is -0.623. The summed E-state index contributed by atoms with van der Waals surface area (Å²) in [6.07, 6.45) is 5.98. The minimum Gasteiger partial charge on any atom is -0.481 e. The van der Waals surface area contributed by atoms with Gasteiger partial charge in [-0.25, -0.2) is 0 Å². The van der Waals surface area contributed by atoms with Gasteiger partial charge in [-0.3, -0.25) is 4.79 Å². The summed E-state index contributed by atoms with van der Waals surface area (Å²) in [4.78, 5) is 10.8. The average molecular weight is 184 g/mol. The standard InChI is InChI=1S/C11H20O2/c1-3-9-5-4-6-10(7-9)8(2)11(12)13/h8-10H,3-7H2,1-2H3,(H,12,13). The molecule has 0 aliphatic heterocycles. The third-order valence-electron chi connectivity index (χ3n) is 3.50. The van der Waals surface area contributed by atoms with Crippen molar-refractivity contribution in [2.75, 3.05) is 0 Å². The normalized spacial score (nSPS) is 31.2. The molecule has 0 heterocycles. The van der Waals surface area contributed by atoms with Crippen molar-refractivity contribution in [2.24, 2.45) is 17.8 Å². The van der Waals surface area contributed by atoms with E-state index in [4.69, 9.17) is 5.11 Å². The Kier molecular flexibility index (Phi) is 3.76. The van der Waals surface area contributed by atoms with E-state index in [0.717, 1.165) is 18.8 Å². The predicted octanol–water partition coefficient (Wildman–Crippen LogP) is 2.92. The van der Waals surface area contributed by atoms with E-state index in [1.807, 2.05) is 6.92 Å². The summed E-state index contributed by atoms with van der Waals surface area (Å²) in [5, 5.41) is 8.89. The Balaban J connectivity index is 2.46. The molecular formula is C11H20O2. The van der Waals surface area contributed by atoms with Crippen molar-refractivity contribution in [2.45, 2.75) is 46.0 Å². The second-order valence-electron chi connectivity index (χ2n) is 4.33. The first-order chi connectivity index (χ1) is 6.15. The van der Waals surface area contributed by atoms with Crippen LogP contribution in [0, 0.1) is 17.8 Å². The van der Waals surface area contributed by atoms with Gasteiger partial charge in [0, 0.05) is 0 Å². The predicted molar refractivity (Wildman–Crippen MR) is 52.5 cm³/mol. The fourth-order valence-electron chi connectivity index (χ4n) is 2.36. The van der Waals surface area contributed by atoms with Crippen LogP contribution in [0.15, 0.2) is 0 Å². The lowest BCUT2D eigenvalue weighted by atomic mass is 9.75. The SMILES string of the molecule is CCC1CCCC(C(C)C(=O)O)C1. The van der Waals surface area contributed by atoms with Gasteiger partial charge in [-0.15, -0.1) is 0 Å². The zero-order valence-corrected chi connectivity index (χ0v) is 8.62. The van der Waals surface area contributed by atoms with E-state index >= 15 is 0 Å². The van der Waals surface area contributed by atoms with Gasteiger partial charge in [0.1, 0.15) is 0 Å². The Morgan fingerprint density at radius 1 is 1.54 bits per heavy atom. The molecule has 2 nitrogen and oxygen atoms in total. The molecule has 0 amide bonds. The second-order valence-corrected chi connectivity index (χ2v) is 4.33. The lowest BCUT2D eigenvalue weighted by Crippen LogP contribution is -2.26. The third-order valence-corrected chi connectivity index (χ3v) is 3.50. The number of hydrogen-bond donors (Lipinski definition) is 1. The Bertz CT molecular complexity index is 177. The van der Waals surface area contributed by atoms with Gasteiger partial charge in [-0.05, 0) is 24.7 Å². The van der Waals surface area contributed by atoms with E-state index in [0.29, 0.717) is 5.92 Å². The highest BCUT2D eigenvalue weighted by molar-refractivity contribution is 5.69. The van der Waals surface area contributed by atoms with Crippen LogP contribution in [-0.4, -0.2) is 11.1 Å². The largest absolute Gasteiger partial charge is 0.481 e. The first-order valence-corrected chi connectivity index (χ1v) is 5.38. The summed E-state index contributed by atoms with van der Waals surface area (Å²) < 4.78 is 0. The van der Waals surface area contributed by atoms with Gasteiger partial charge in [-0.2, -0.15) is 0 Å². The Hall–Kier alpha value is -0.530. The topological polar surface area (TPSA) is 37.3 Å². The van der Waals surface area contributed by atoms with Crippen molar-refractivity contribution < 1.29 is 9.90 Å². The van der Waals surface area contributed by atoms with Crippen LogP contribution >= 0.6 is 0 Å². The van der Waals surface area contributed by atoms with Crippen molar-refractivity contribution in [3.63, 3.8) is 0 Å². The molecule has 0 aromatic carbocycles. The molecule has 3 atom stereocenters. The van der Waals surface area contributed by atoms with Gasteiger partial charge in [0.25, 0.3) is 0 Å². The summed E-state index contributed by atoms with van der Waals surface area (Å²) in [6.45, 7) is 4.06. The van der Waals surface area contributed by atoms with Gasteiger partial charge in [0.15, 0.2) is 0 Å². The fourth-order valence-corrected chi connectivity index (χ4v) is 2.36. The molecule has 1 rings (SSSR count). The molecule has 0 aromatic heterocycles. The summed E-state index contributed by atoms with van der Waals surface area (Å²) >= 11 is 0. The van der Waals surface area contributed by atoms with Gasteiger partial charge in [0.05, 0.1) is 5.92 Å². The van der Waals surface area contributed by atoms with Crippen LogP contribution in [0.5, 0.6) is 0 Å². The molecule has 76 valence electrons. The zero-order chi connectivity index (χ0) is 9.84. The van der Waals surface area contributed by atoms with E-state index in [1.165, 1.54) is 19.3 Å². The molecule has 0 spiro atoms. The monoisotopic (exact) mass is 184 g/mol. The van der Waals surface area contributed by atoms with Crippen molar-refractivity contribution in [1.82, 2.24) is 0 Å². The molecule has 1 N–H and O–H groups in total. The van der Waals surface area contributed by atoms with Crippen molar-refractivity contribution in [3.05, 3.63) is 0 Å². The van der Waals surface area contributed by atoms with Crippen molar-refractivity contribution >= 4 is 5.97 Å². The van der Waals surface area contributed by atoms with Crippen LogP contribution in [0.1, 0.15) is 46.0 Å². The van der Waals surface area contributed by atoms with Crippen molar-refractivity contribution in [1.29, 1.82) is 0 Å². The van der Waals surface area contributed by atoms with Gasteiger partial charge in [0.2, 0.25) is 0 Å². The molecule has 0 radical (unpaired) electrons. The molecule has 2 heteroatoms. The highest BCUT2D eigenvalue weighted by Crippen LogP contribution is 2.35. The van der Waals surface area contributed by atoms with Crippen LogP contribution in [-0.2, 0) is 4.79 Å². The fraction of sp³-hybridized carbons (Fsp3) is 0.909. The molecule has 1 aliphatic rings. The molecule has 0 saturated heterocycles. The average Bonchev–Trinajstić information content (AvgIpc) is 2.16. The maximum atomic E-state index is 10.8. The van der Waals surface area contributed by atoms with E-state index < -0.39 is 5.97 Å². The molecule has 1 saturated carbocycles. The van der Waals surface area contributed by atoms with Crippen LogP contribution in [0.4, 0.5) is 0 Å². The van der Waals surface area contributed by atoms with Gasteiger partial charge in [-0.1, -0.05) is 33.1 Å². The first kappa shape index (κ1) is 10.6. The van der Waals surface area contributed by atoms with Crippen LogP contribution < -0.4 is 0 Å². The Morgan fingerprint density at radius 2 is 2.23 bits per heavy atom. The quantitative estimate of drug-likeness (QED) is 0.732. The Labute approximate surface area is 80.3 Å². The number of hydrogen-bond acceptors (Lipinski definition) is 1. The van der Waals surface area contributed by atoms with Crippen LogP contribution in [0.3, 0.4) is 0 Å². The number of carboxylic acids is 1. The zero-order valence-electron chi connectivity index (χ0n) is 8.62. The first-order valence-electron chi connectivity index (χ1n) is 5.38. The molecule has 1 fully saturated rings. The summed E-state index contributed by atoms with van der Waals surface area (Å²) in [6, 6.07) is 0. The number of aliphatic carboxylic acids is 1. The maximum absolute atomic E-state index is 10.8.